The Bertz CT molecular complexity index is 1280. The van der Waals surface area contributed by atoms with Crippen LogP contribution < -0.4 is 27.3 Å². The van der Waals surface area contributed by atoms with Crippen molar-refractivity contribution in [3.8, 4) is 0 Å². The van der Waals surface area contributed by atoms with Gasteiger partial charge in [0, 0.05) is 0 Å². The molecule has 0 saturated heterocycles. The van der Waals surface area contributed by atoms with Crippen LogP contribution in [0.15, 0.2) is 145 Å². The van der Waals surface area contributed by atoms with E-state index in [1.807, 2.05) is 97.1 Å². The SMILES string of the molecule is C=C(c1ccccc1)c1ccccc1.NC1=NN(c2ccccc2)N(c2ccccc2)C(N)=C1N. The number of rotatable bonds is 4. The van der Waals surface area contributed by atoms with Crippen LogP contribution in [0.2, 0.25) is 0 Å². The minimum Gasteiger partial charge on any atom is -0.393 e. The molecule has 4 aromatic rings. The first kappa shape index (κ1) is 23.2. The Morgan fingerprint density at radius 3 is 1.43 bits per heavy atom. The van der Waals surface area contributed by atoms with Gasteiger partial charge in [0.2, 0.25) is 0 Å². The van der Waals surface area contributed by atoms with Crippen LogP contribution >= 0.6 is 0 Å². The summed E-state index contributed by atoms with van der Waals surface area (Å²) < 4.78 is 0. The van der Waals surface area contributed by atoms with Crippen LogP contribution in [-0.4, -0.2) is 5.84 Å². The van der Waals surface area contributed by atoms with E-state index in [2.05, 4.69) is 35.9 Å². The monoisotopic (exact) mass is 460 g/mol. The fourth-order valence-electron chi connectivity index (χ4n) is 3.55. The predicted molar refractivity (Wildman–Crippen MR) is 146 cm³/mol. The number of benzene rings is 4. The Labute approximate surface area is 205 Å². The summed E-state index contributed by atoms with van der Waals surface area (Å²) in [5.41, 5.74) is 23.3. The van der Waals surface area contributed by atoms with Crippen molar-refractivity contribution in [3.63, 3.8) is 0 Å². The smallest absolute Gasteiger partial charge is 0.173 e. The van der Waals surface area contributed by atoms with Gasteiger partial charge in [-0.05, 0) is 41.0 Å². The van der Waals surface area contributed by atoms with Gasteiger partial charge in [-0.15, -0.1) is 5.10 Å². The van der Waals surface area contributed by atoms with E-state index in [1.165, 1.54) is 11.1 Å². The number of nitrogens with two attached hydrogens (primary N) is 3. The molecule has 6 N–H and O–H groups in total. The number of hydrogen-bond acceptors (Lipinski definition) is 6. The molecule has 4 aromatic carbocycles. The van der Waals surface area contributed by atoms with Crippen LogP contribution in [0.25, 0.3) is 5.57 Å². The van der Waals surface area contributed by atoms with Crippen LogP contribution in [0.3, 0.4) is 0 Å². The Morgan fingerprint density at radius 1 is 0.571 bits per heavy atom. The third-order valence-electron chi connectivity index (χ3n) is 5.40. The number of hydrazone groups is 1. The first-order chi connectivity index (χ1) is 17.1. The van der Waals surface area contributed by atoms with Crippen molar-refractivity contribution in [2.45, 2.75) is 0 Å². The Morgan fingerprint density at radius 2 is 0.971 bits per heavy atom. The van der Waals surface area contributed by atoms with E-state index >= 15 is 0 Å². The normalized spacial score (nSPS) is 13.0. The molecule has 0 aromatic heterocycles. The second-order valence-corrected chi connectivity index (χ2v) is 7.77. The molecule has 174 valence electrons. The third kappa shape index (κ3) is 5.34. The molecule has 6 nitrogen and oxygen atoms in total. The number of hydrogen-bond donors (Lipinski definition) is 3. The van der Waals surface area contributed by atoms with Crippen molar-refractivity contribution >= 4 is 22.8 Å². The van der Waals surface area contributed by atoms with E-state index < -0.39 is 0 Å². The molecule has 6 heteroatoms. The van der Waals surface area contributed by atoms with E-state index in [9.17, 15) is 0 Å². The Kier molecular flexibility index (Phi) is 7.13. The first-order valence-corrected chi connectivity index (χ1v) is 11.2. The van der Waals surface area contributed by atoms with Gasteiger partial charge in [-0.25, -0.2) is 5.01 Å². The topological polar surface area (TPSA) is 96.9 Å². The average molecular weight is 461 g/mol. The van der Waals surface area contributed by atoms with Gasteiger partial charge in [0.25, 0.3) is 0 Å². The van der Waals surface area contributed by atoms with Crippen molar-refractivity contribution in [1.29, 1.82) is 0 Å². The van der Waals surface area contributed by atoms with Gasteiger partial charge in [-0.1, -0.05) is 104 Å². The van der Waals surface area contributed by atoms with Crippen molar-refractivity contribution in [2.75, 3.05) is 10.1 Å². The van der Waals surface area contributed by atoms with E-state index in [4.69, 9.17) is 17.2 Å². The summed E-state index contributed by atoms with van der Waals surface area (Å²) in [6, 6.07) is 39.7. The van der Waals surface area contributed by atoms with Crippen LogP contribution in [0.5, 0.6) is 0 Å². The molecular weight excluding hydrogens is 432 g/mol. The number of amidine groups is 1. The highest BCUT2D eigenvalue weighted by Crippen LogP contribution is 2.28. The molecule has 5 rings (SSSR count). The first-order valence-electron chi connectivity index (χ1n) is 11.2. The molecule has 0 bridgehead atoms. The minimum absolute atomic E-state index is 0.198. The van der Waals surface area contributed by atoms with E-state index in [1.54, 1.807) is 10.1 Å². The lowest BCUT2D eigenvalue weighted by atomic mass is 10.0. The van der Waals surface area contributed by atoms with E-state index in [-0.39, 0.29) is 11.5 Å². The zero-order valence-corrected chi connectivity index (χ0v) is 19.3. The van der Waals surface area contributed by atoms with Gasteiger partial charge in [0.1, 0.15) is 5.70 Å². The maximum atomic E-state index is 6.15. The largest absolute Gasteiger partial charge is 0.393 e. The predicted octanol–water partition coefficient (Wildman–Crippen LogP) is 5.04. The molecule has 35 heavy (non-hydrogen) atoms. The fourth-order valence-corrected chi connectivity index (χ4v) is 3.55. The summed E-state index contributed by atoms with van der Waals surface area (Å²) in [6.07, 6.45) is 0. The van der Waals surface area contributed by atoms with Gasteiger partial charge in [-0.2, -0.15) is 5.12 Å². The van der Waals surface area contributed by atoms with Crippen molar-refractivity contribution in [1.82, 2.24) is 0 Å². The molecule has 0 aliphatic carbocycles. The summed E-state index contributed by atoms with van der Waals surface area (Å²) in [4.78, 5) is 0. The minimum atomic E-state index is 0.198. The summed E-state index contributed by atoms with van der Waals surface area (Å²) in [5.74, 6) is 0.543. The molecule has 0 spiro atoms. The van der Waals surface area contributed by atoms with Gasteiger partial charge >= 0.3 is 0 Å². The molecule has 0 radical (unpaired) electrons. The molecule has 0 saturated carbocycles. The summed E-state index contributed by atoms with van der Waals surface area (Å²) in [5, 5.41) is 7.69. The molecule has 1 aliphatic heterocycles. The molecule has 0 fully saturated rings. The zero-order valence-electron chi connectivity index (χ0n) is 19.3. The van der Waals surface area contributed by atoms with Crippen LogP contribution in [0, 0.1) is 0 Å². The molecule has 0 unspecified atom stereocenters. The van der Waals surface area contributed by atoms with Gasteiger partial charge in [0.05, 0.1) is 11.4 Å². The highest BCUT2D eigenvalue weighted by molar-refractivity contribution is 5.99. The second kappa shape index (κ2) is 10.8. The molecule has 1 aliphatic rings. The Hall–Kier alpha value is -4.97. The summed E-state index contributed by atoms with van der Waals surface area (Å²) >= 11 is 0. The number of nitrogens with zero attached hydrogens (tertiary/aromatic N) is 3. The van der Waals surface area contributed by atoms with Crippen molar-refractivity contribution < 1.29 is 0 Å². The second-order valence-electron chi connectivity index (χ2n) is 7.77. The average Bonchev–Trinajstić information content (AvgIpc) is 2.93. The van der Waals surface area contributed by atoms with Crippen LogP contribution in [0.1, 0.15) is 11.1 Å². The Balaban J connectivity index is 0.000000179. The zero-order chi connectivity index (χ0) is 24.6. The quantitative estimate of drug-likeness (QED) is 0.397. The standard InChI is InChI=1S/C15H16N6.C14H12/c16-13-14(17)19-21(12-9-5-2-6-10-12)20(15(13)18)11-7-3-1-4-8-11;1-12(13-8-4-2-5-9-13)14-10-6-3-7-11-14/h1-10H,16,18H2,(H2,17,19);2-11H,1H2. The van der Waals surface area contributed by atoms with Crippen molar-refractivity contribution in [3.05, 3.63) is 151 Å². The van der Waals surface area contributed by atoms with Gasteiger partial charge in [-0.3, -0.25) is 0 Å². The number of hydrazine groups is 1. The van der Waals surface area contributed by atoms with E-state index in [0.29, 0.717) is 5.82 Å². The van der Waals surface area contributed by atoms with Crippen LogP contribution in [-0.2, 0) is 0 Å². The lowest BCUT2D eigenvalue weighted by Gasteiger charge is -2.37. The number of anilines is 2. The van der Waals surface area contributed by atoms with E-state index in [0.717, 1.165) is 16.9 Å². The lowest BCUT2D eigenvalue weighted by Crippen LogP contribution is -2.49. The molecule has 1 heterocycles. The number of para-hydroxylation sites is 2. The maximum absolute atomic E-state index is 6.15. The van der Waals surface area contributed by atoms with Crippen LogP contribution in [0.4, 0.5) is 11.4 Å². The molecular formula is C29H28N6. The summed E-state index contributed by atoms with van der Waals surface area (Å²) in [6.45, 7) is 4.10. The highest BCUT2D eigenvalue weighted by Gasteiger charge is 2.27. The maximum Gasteiger partial charge on any atom is 0.173 e. The summed E-state index contributed by atoms with van der Waals surface area (Å²) in [7, 11) is 0. The van der Waals surface area contributed by atoms with Crippen molar-refractivity contribution in [2.24, 2.45) is 22.3 Å². The fraction of sp³-hybridized carbons (Fsp3) is 0. The van der Waals surface area contributed by atoms with Gasteiger partial charge < -0.3 is 17.2 Å². The molecule has 0 amide bonds. The highest BCUT2D eigenvalue weighted by atomic mass is 15.8. The van der Waals surface area contributed by atoms with Gasteiger partial charge in [0.15, 0.2) is 11.7 Å². The molecule has 0 atom stereocenters. The third-order valence-corrected chi connectivity index (χ3v) is 5.40. The lowest BCUT2D eigenvalue weighted by molar-refractivity contribution is 0.790.